The molecule has 1 fully saturated rings. The molecule has 0 spiro atoms. The molecule has 1 aliphatic carbocycles. The highest BCUT2D eigenvalue weighted by Crippen LogP contribution is 2.60. The van der Waals surface area contributed by atoms with Gasteiger partial charge in [-0.15, -0.1) is 0 Å². The fraction of sp³-hybridized carbons (Fsp3) is 0.385. The van der Waals surface area contributed by atoms with Gasteiger partial charge in [-0.2, -0.15) is 0 Å². The molecule has 1 aromatic rings. The monoisotopic (exact) mass is 235 g/mol. The summed E-state index contributed by atoms with van der Waals surface area (Å²) < 4.78 is 17.3. The van der Waals surface area contributed by atoms with Crippen LogP contribution in [0.5, 0.6) is 0 Å². The normalized spacial score (nSPS) is 25.6. The molecule has 90 valence electrons. The predicted octanol–water partition coefficient (Wildman–Crippen LogP) is 1.51. The van der Waals surface area contributed by atoms with Gasteiger partial charge in [-0.3, -0.25) is 9.59 Å². The molecule has 0 bridgehead atoms. The van der Waals surface area contributed by atoms with E-state index < -0.39 is 29.7 Å². The topological polar surface area (TPSA) is 52.6 Å². The van der Waals surface area contributed by atoms with Crippen molar-refractivity contribution in [1.82, 2.24) is 0 Å². The minimum Gasteiger partial charge on any atom is -0.468 e. The number of benzene rings is 1. The van der Waals surface area contributed by atoms with Gasteiger partial charge < -0.3 is 9.47 Å². The van der Waals surface area contributed by atoms with Crippen molar-refractivity contribution in [3.63, 3.8) is 0 Å². The summed E-state index contributed by atoms with van der Waals surface area (Å²) in [5.74, 6) is -1.91. The maximum atomic E-state index is 11.8. The molecule has 0 saturated heterocycles. The van der Waals surface area contributed by atoms with Crippen LogP contribution in [-0.2, 0) is 19.1 Å². The second-order valence-electron chi connectivity index (χ2n) is 3.91. The Labute approximate surface area is 101 Å². The van der Waals surface area contributed by atoms with Gasteiger partial charge >= 0.3 is 11.9 Å². The van der Waals surface area contributed by atoms with Crippen molar-refractivity contribution >= 4 is 11.9 Å². The van der Waals surface area contributed by atoms with Gasteiger partial charge in [0.05, 0.1) is 14.2 Å². The maximum Gasteiger partial charge on any atom is 0.323 e. The van der Waals surface area contributed by atoms with E-state index >= 15 is 0 Å². The molecule has 0 aromatic heterocycles. The maximum absolute atomic E-state index is 11.8. The van der Waals surface area contributed by atoms with Crippen LogP contribution in [0.4, 0.5) is 0 Å². The number of methoxy groups -OCH3 is 2. The summed E-state index contributed by atoms with van der Waals surface area (Å²) in [6, 6.07) is 9.03. The van der Waals surface area contributed by atoms with Crippen LogP contribution in [0.3, 0.4) is 0 Å². The predicted molar refractivity (Wildman–Crippen MR) is 60.3 cm³/mol. The number of carbonyl (C=O) groups is 2. The molecular formula is C13H14O4. The standard InChI is InChI=1S/C13H14O4/c1-16-11(14)13(12(15)17-2)8-10(13)9-6-4-3-5-7-9/h3-7,10H,8H2,1-2H3/t10-/m0/s1/i8D/t8-,10-. The molecule has 0 unspecified atom stereocenters. The first-order valence-electron chi connectivity index (χ1n) is 5.82. The molecule has 1 saturated carbocycles. The Bertz CT molecular complexity index is 455. The lowest BCUT2D eigenvalue weighted by Crippen LogP contribution is -2.30. The van der Waals surface area contributed by atoms with Gasteiger partial charge in [0.2, 0.25) is 0 Å². The third-order valence-electron chi connectivity index (χ3n) is 3.02. The third kappa shape index (κ3) is 1.69. The number of rotatable bonds is 3. The van der Waals surface area contributed by atoms with Crippen LogP contribution in [0.1, 0.15) is 19.2 Å². The van der Waals surface area contributed by atoms with Crippen molar-refractivity contribution in [2.75, 3.05) is 14.2 Å². The Kier molecular flexibility index (Phi) is 2.55. The van der Waals surface area contributed by atoms with E-state index in [9.17, 15) is 9.59 Å². The molecule has 1 aliphatic rings. The first-order valence-corrected chi connectivity index (χ1v) is 5.24. The Morgan fingerprint density at radius 2 is 1.76 bits per heavy atom. The van der Waals surface area contributed by atoms with Gasteiger partial charge in [0.1, 0.15) is 0 Å². The zero-order valence-electron chi connectivity index (χ0n) is 10.7. The van der Waals surface area contributed by atoms with Crippen molar-refractivity contribution in [3.05, 3.63) is 35.9 Å². The van der Waals surface area contributed by atoms with Crippen molar-refractivity contribution in [1.29, 1.82) is 0 Å². The van der Waals surface area contributed by atoms with Crippen LogP contribution >= 0.6 is 0 Å². The molecule has 0 amide bonds. The van der Waals surface area contributed by atoms with Crippen molar-refractivity contribution in [2.24, 2.45) is 5.41 Å². The molecule has 0 aliphatic heterocycles. The van der Waals surface area contributed by atoms with Crippen LogP contribution < -0.4 is 0 Å². The fourth-order valence-corrected chi connectivity index (χ4v) is 2.05. The summed E-state index contributed by atoms with van der Waals surface area (Å²) in [5, 5.41) is 0. The molecule has 0 N–H and O–H groups in total. The highest BCUT2D eigenvalue weighted by Gasteiger charge is 2.68. The Morgan fingerprint density at radius 3 is 2.24 bits per heavy atom. The second kappa shape index (κ2) is 4.20. The summed E-state index contributed by atoms with van der Waals surface area (Å²) in [6.07, 6.45) is -0.861. The smallest absolute Gasteiger partial charge is 0.323 e. The first-order chi connectivity index (χ1) is 8.60. The SMILES string of the molecule is [2H][C@H]1[C@@H](c2ccccc2)C1(C(=O)OC)C(=O)OC. The van der Waals surface area contributed by atoms with E-state index in [1.165, 1.54) is 14.2 Å². The number of esters is 2. The quantitative estimate of drug-likeness (QED) is 0.588. The fourth-order valence-electron chi connectivity index (χ4n) is 2.05. The van der Waals surface area contributed by atoms with E-state index in [4.69, 9.17) is 1.37 Å². The van der Waals surface area contributed by atoms with Crippen LogP contribution in [0.15, 0.2) is 30.3 Å². The first kappa shape index (κ1) is 10.3. The summed E-state index contributed by atoms with van der Waals surface area (Å²) >= 11 is 0. The molecule has 0 radical (unpaired) electrons. The van der Waals surface area contributed by atoms with Crippen molar-refractivity contribution < 1.29 is 20.4 Å². The van der Waals surface area contributed by atoms with Crippen molar-refractivity contribution in [3.8, 4) is 0 Å². The summed E-state index contributed by atoms with van der Waals surface area (Å²) in [5.41, 5.74) is -0.737. The van der Waals surface area contributed by atoms with Crippen molar-refractivity contribution in [2.45, 2.75) is 12.3 Å². The van der Waals surface area contributed by atoms with E-state index in [1.54, 1.807) is 24.3 Å². The molecule has 4 heteroatoms. The molecular weight excluding hydrogens is 220 g/mol. The summed E-state index contributed by atoms with van der Waals surface area (Å²) in [4.78, 5) is 23.7. The van der Waals surface area contributed by atoms with E-state index in [1.807, 2.05) is 6.07 Å². The van der Waals surface area contributed by atoms with Gasteiger partial charge in [0, 0.05) is 7.29 Å². The molecule has 4 nitrogen and oxygen atoms in total. The Balaban J connectivity index is 2.40. The van der Waals surface area contributed by atoms with Crippen LogP contribution in [0, 0.1) is 5.41 Å². The molecule has 2 atom stereocenters. The van der Waals surface area contributed by atoms with Gasteiger partial charge in [0.25, 0.3) is 0 Å². The van der Waals surface area contributed by atoms with Gasteiger partial charge in [-0.05, 0) is 12.0 Å². The molecule has 1 aromatic carbocycles. The number of hydrogen-bond acceptors (Lipinski definition) is 4. The average molecular weight is 235 g/mol. The van der Waals surface area contributed by atoms with E-state index in [0.29, 0.717) is 0 Å². The van der Waals surface area contributed by atoms with Gasteiger partial charge in [0.15, 0.2) is 5.41 Å². The van der Waals surface area contributed by atoms with Gasteiger partial charge in [-0.1, -0.05) is 30.3 Å². The zero-order valence-corrected chi connectivity index (χ0v) is 9.67. The highest BCUT2D eigenvalue weighted by molar-refractivity contribution is 6.05. The summed E-state index contributed by atoms with van der Waals surface area (Å²) in [6.45, 7) is 0. The number of carbonyl (C=O) groups excluding carboxylic acids is 2. The average Bonchev–Trinajstić information content (AvgIpc) is 3.05. The largest absolute Gasteiger partial charge is 0.468 e. The Hall–Kier alpha value is -1.84. The van der Waals surface area contributed by atoms with Gasteiger partial charge in [-0.25, -0.2) is 0 Å². The summed E-state index contributed by atoms with van der Waals surface area (Å²) in [7, 11) is 2.42. The number of ether oxygens (including phenoxy) is 2. The van der Waals surface area contributed by atoms with E-state index in [0.717, 1.165) is 5.56 Å². The molecule has 0 heterocycles. The highest BCUT2D eigenvalue weighted by atomic mass is 16.5. The van der Waals surface area contributed by atoms with Crippen LogP contribution in [0.2, 0.25) is 0 Å². The van der Waals surface area contributed by atoms with Crippen LogP contribution in [0.25, 0.3) is 0 Å². The van der Waals surface area contributed by atoms with Crippen LogP contribution in [-0.4, -0.2) is 26.2 Å². The second-order valence-corrected chi connectivity index (χ2v) is 3.91. The zero-order chi connectivity index (χ0) is 13.3. The molecule has 17 heavy (non-hydrogen) atoms. The lowest BCUT2D eigenvalue weighted by molar-refractivity contribution is -0.161. The lowest BCUT2D eigenvalue weighted by Gasteiger charge is -2.12. The van der Waals surface area contributed by atoms with E-state index in [2.05, 4.69) is 9.47 Å². The Morgan fingerprint density at radius 1 is 1.24 bits per heavy atom. The minimum atomic E-state index is -1.51. The number of hydrogen-bond donors (Lipinski definition) is 0. The third-order valence-corrected chi connectivity index (χ3v) is 3.02. The minimum absolute atomic E-state index is 0.501. The molecule has 2 rings (SSSR count). The lowest BCUT2D eigenvalue weighted by atomic mass is 9.99. The van der Waals surface area contributed by atoms with E-state index in [-0.39, 0.29) is 0 Å².